The maximum Gasteiger partial charge on any atom is 0.224 e. The van der Waals surface area contributed by atoms with Crippen molar-refractivity contribution in [3.8, 4) is 0 Å². The van der Waals surface area contributed by atoms with Crippen LogP contribution in [0, 0.1) is 13.8 Å². The van der Waals surface area contributed by atoms with Gasteiger partial charge in [-0.25, -0.2) is 0 Å². The van der Waals surface area contributed by atoms with E-state index in [-0.39, 0.29) is 11.9 Å². The molecule has 3 rings (SSSR count). The number of aryl methyl sites for hydroxylation is 3. The molecular weight excluding hydrogens is 316 g/mol. The van der Waals surface area contributed by atoms with Crippen molar-refractivity contribution in [2.75, 3.05) is 7.11 Å². The minimum Gasteiger partial charge on any atom is -0.377 e. The summed E-state index contributed by atoms with van der Waals surface area (Å²) in [5.74, 6) is 1.94. The van der Waals surface area contributed by atoms with Crippen LogP contribution in [0.3, 0.4) is 0 Å². The van der Waals surface area contributed by atoms with E-state index in [1.54, 1.807) is 7.11 Å². The highest BCUT2D eigenvalue weighted by atomic mass is 16.5. The first kappa shape index (κ1) is 17.6. The number of carbonyl (C=O) groups excluding carboxylic acids is 1. The number of ether oxygens (including phenoxy) is 1. The Labute approximate surface area is 148 Å². The fraction of sp³-hybridized carbons (Fsp3) is 0.526. The summed E-state index contributed by atoms with van der Waals surface area (Å²) in [6, 6.07) is 6.43. The van der Waals surface area contributed by atoms with E-state index in [4.69, 9.17) is 4.74 Å². The summed E-state index contributed by atoms with van der Waals surface area (Å²) < 4.78 is 7.30. The van der Waals surface area contributed by atoms with E-state index in [0.29, 0.717) is 13.0 Å². The van der Waals surface area contributed by atoms with Gasteiger partial charge in [0.1, 0.15) is 12.4 Å². The van der Waals surface area contributed by atoms with Crippen molar-refractivity contribution in [3.63, 3.8) is 0 Å². The van der Waals surface area contributed by atoms with Gasteiger partial charge in [0.15, 0.2) is 5.82 Å². The van der Waals surface area contributed by atoms with Crippen molar-refractivity contribution in [3.05, 3.63) is 46.5 Å². The first-order chi connectivity index (χ1) is 12.1. The normalized spacial score (nSPS) is 17.0. The fourth-order valence-corrected chi connectivity index (χ4v) is 3.37. The lowest BCUT2D eigenvalue weighted by Crippen LogP contribution is -2.36. The highest BCUT2D eigenvalue weighted by molar-refractivity contribution is 5.79. The molecule has 1 N–H and O–H groups in total. The van der Waals surface area contributed by atoms with Gasteiger partial charge in [-0.15, -0.1) is 10.2 Å². The average molecular weight is 342 g/mol. The number of rotatable bonds is 5. The molecule has 0 radical (unpaired) electrons. The van der Waals surface area contributed by atoms with Crippen LogP contribution in [0.25, 0.3) is 0 Å². The zero-order valence-corrected chi connectivity index (χ0v) is 15.2. The number of hydrogen-bond acceptors (Lipinski definition) is 4. The third-order valence-corrected chi connectivity index (χ3v) is 4.82. The Hall–Kier alpha value is -2.21. The largest absolute Gasteiger partial charge is 0.377 e. The van der Waals surface area contributed by atoms with Crippen LogP contribution in [-0.2, 0) is 35.5 Å². The van der Waals surface area contributed by atoms with Gasteiger partial charge in [-0.2, -0.15) is 0 Å². The van der Waals surface area contributed by atoms with Crippen molar-refractivity contribution in [2.45, 2.75) is 58.7 Å². The standard InChI is InChI=1S/C19H26N4O2/c1-13-4-5-14(2)15(10-13)11-19(24)20-16-6-7-17-21-22-18(12-25-3)23(17)9-8-16/h4-5,10,16H,6-9,11-12H2,1-3H3,(H,20,24). The van der Waals surface area contributed by atoms with Gasteiger partial charge in [0.05, 0.1) is 6.42 Å². The molecule has 0 fully saturated rings. The molecule has 0 spiro atoms. The zero-order valence-electron chi connectivity index (χ0n) is 15.2. The second kappa shape index (κ2) is 7.78. The fourth-order valence-electron chi connectivity index (χ4n) is 3.37. The molecule has 2 aromatic rings. The predicted molar refractivity (Wildman–Crippen MR) is 95.2 cm³/mol. The quantitative estimate of drug-likeness (QED) is 0.903. The number of nitrogens with one attached hydrogen (secondary N) is 1. The molecule has 0 aliphatic carbocycles. The van der Waals surface area contributed by atoms with Gasteiger partial charge in [-0.3, -0.25) is 4.79 Å². The van der Waals surface area contributed by atoms with Gasteiger partial charge in [-0.05, 0) is 37.8 Å². The van der Waals surface area contributed by atoms with E-state index in [1.807, 2.05) is 0 Å². The van der Waals surface area contributed by atoms with E-state index in [1.165, 1.54) is 5.56 Å². The van der Waals surface area contributed by atoms with Gasteiger partial charge in [-0.1, -0.05) is 23.8 Å². The SMILES string of the molecule is COCc1nnc2n1CCC(NC(=O)Cc1cc(C)ccc1C)CC2. The van der Waals surface area contributed by atoms with Crippen LogP contribution in [-0.4, -0.2) is 33.8 Å². The van der Waals surface area contributed by atoms with Gasteiger partial charge >= 0.3 is 0 Å². The summed E-state index contributed by atoms with van der Waals surface area (Å²) in [5.41, 5.74) is 3.45. The number of hydrogen-bond donors (Lipinski definition) is 1. The predicted octanol–water partition coefficient (Wildman–Crippen LogP) is 2.11. The lowest BCUT2D eigenvalue weighted by atomic mass is 10.0. The molecule has 6 nitrogen and oxygen atoms in total. The molecule has 1 amide bonds. The number of carbonyl (C=O) groups is 1. The molecule has 1 aliphatic heterocycles. The second-order valence-electron chi connectivity index (χ2n) is 6.82. The van der Waals surface area contributed by atoms with Gasteiger partial charge < -0.3 is 14.6 Å². The lowest BCUT2D eigenvalue weighted by Gasteiger charge is -2.17. The van der Waals surface area contributed by atoms with Crippen molar-refractivity contribution in [1.82, 2.24) is 20.1 Å². The minimum atomic E-state index is 0.0912. The van der Waals surface area contributed by atoms with Crippen molar-refractivity contribution in [1.29, 1.82) is 0 Å². The van der Waals surface area contributed by atoms with Crippen LogP contribution < -0.4 is 5.32 Å². The summed E-state index contributed by atoms with van der Waals surface area (Å²) in [6.45, 7) is 5.39. The first-order valence-corrected chi connectivity index (χ1v) is 8.82. The summed E-state index contributed by atoms with van der Waals surface area (Å²) in [5, 5.41) is 11.6. The molecule has 134 valence electrons. The van der Waals surface area contributed by atoms with Gasteiger partial charge in [0.2, 0.25) is 5.91 Å². The van der Waals surface area contributed by atoms with Gasteiger partial charge in [0.25, 0.3) is 0 Å². The Bertz CT molecular complexity index is 754. The van der Waals surface area contributed by atoms with Crippen LogP contribution >= 0.6 is 0 Å². The van der Waals surface area contributed by atoms with E-state index >= 15 is 0 Å². The molecular formula is C19H26N4O2. The molecule has 25 heavy (non-hydrogen) atoms. The highest BCUT2D eigenvalue weighted by Crippen LogP contribution is 2.17. The first-order valence-electron chi connectivity index (χ1n) is 8.82. The zero-order chi connectivity index (χ0) is 17.8. The second-order valence-corrected chi connectivity index (χ2v) is 6.82. The number of benzene rings is 1. The molecule has 6 heteroatoms. The van der Waals surface area contributed by atoms with Crippen LogP contribution in [0.2, 0.25) is 0 Å². The summed E-state index contributed by atoms with van der Waals surface area (Å²) in [6.07, 6.45) is 3.04. The maximum absolute atomic E-state index is 12.5. The maximum atomic E-state index is 12.5. The van der Waals surface area contributed by atoms with Crippen LogP contribution in [0.15, 0.2) is 18.2 Å². The van der Waals surface area contributed by atoms with Gasteiger partial charge in [0, 0.05) is 26.1 Å². The van der Waals surface area contributed by atoms with Crippen LogP contribution in [0.4, 0.5) is 0 Å². The summed E-state index contributed by atoms with van der Waals surface area (Å²) >= 11 is 0. The Kier molecular flexibility index (Phi) is 5.48. The monoisotopic (exact) mass is 342 g/mol. The van der Waals surface area contributed by atoms with E-state index in [9.17, 15) is 4.79 Å². The molecule has 0 saturated carbocycles. The number of amides is 1. The van der Waals surface area contributed by atoms with Crippen molar-refractivity contribution < 1.29 is 9.53 Å². The summed E-state index contributed by atoms with van der Waals surface area (Å²) in [7, 11) is 1.66. The smallest absolute Gasteiger partial charge is 0.224 e. The molecule has 1 aromatic carbocycles. The Balaban J connectivity index is 1.59. The topological polar surface area (TPSA) is 69.0 Å². The average Bonchev–Trinajstić information content (AvgIpc) is 2.84. The molecule has 1 aromatic heterocycles. The summed E-state index contributed by atoms with van der Waals surface area (Å²) in [4.78, 5) is 12.5. The van der Waals surface area contributed by atoms with Crippen LogP contribution in [0.1, 0.15) is 41.2 Å². The molecule has 0 saturated heterocycles. The minimum absolute atomic E-state index is 0.0912. The van der Waals surface area contributed by atoms with Crippen molar-refractivity contribution >= 4 is 5.91 Å². The number of nitrogens with zero attached hydrogens (tertiary/aromatic N) is 3. The molecule has 0 bridgehead atoms. The van der Waals surface area contributed by atoms with Crippen molar-refractivity contribution in [2.24, 2.45) is 0 Å². The number of fused-ring (bicyclic) bond motifs is 1. The number of aromatic nitrogens is 3. The van der Waals surface area contributed by atoms with E-state index in [0.717, 1.165) is 48.6 Å². The Morgan fingerprint density at radius 2 is 2.16 bits per heavy atom. The lowest BCUT2D eigenvalue weighted by molar-refractivity contribution is -0.121. The highest BCUT2D eigenvalue weighted by Gasteiger charge is 2.21. The van der Waals surface area contributed by atoms with E-state index in [2.05, 4.69) is 52.1 Å². The van der Waals surface area contributed by atoms with E-state index < -0.39 is 0 Å². The Morgan fingerprint density at radius 3 is 2.96 bits per heavy atom. The van der Waals surface area contributed by atoms with Crippen LogP contribution in [0.5, 0.6) is 0 Å². The molecule has 2 heterocycles. The molecule has 1 unspecified atom stereocenters. The Morgan fingerprint density at radius 1 is 1.32 bits per heavy atom. The number of methoxy groups -OCH3 is 1. The molecule has 1 aliphatic rings. The molecule has 1 atom stereocenters. The third kappa shape index (κ3) is 4.25. The third-order valence-electron chi connectivity index (χ3n) is 4.82.